The van der Waals surface area contributed by atoms with Crippen molar-refractivity contribution in [2.24, 2.45) is 0 Å². The molecule has 27 heavy (non-hydrogen) atoms. The fourth-order valence-corrected chi connectivity index (χ4v) is 2.61. The molecule has 144 valence electrons. The molecule has 0 saturated heterocycles. The van der Waals surface area contributed by atoms with Gasteiger partial charge in [-0.1, -0.05) is 42.5 Å². The molecule has 0 saturated carbocycles. The monoisotopic (exact) mass is 368 g/mol. The van der Waals surface area contributed by atoms with Crippen LogP contribution in [0.25, 0.3) is 0 Å². The fourth-order valence-electron chi connectivity index (χ4n) is 2.61. The Morgan fingerprint density at radius 3 is 2.33 bits per heavy atom. The number of likely N-dealkylation sites (N-methyl/N-ethyl adjacent to an activating group) is 1. The maximum Gasteiger partial charge on any atom is 0.244 e. The van der Waals surface area contributed by atoms with Crippen LogP contribution < -0.4 is 10.1 Å². The Bertz CT molecular complexity index is 729. The summed E-state index contributed by atoms with van der Waals surface area (Å²) >= 11 is 0. The van der Waals surface area contributed by atoms with Gasteiger partial charge in [-0.15, -0.1) is 0 Å². The Labute approximate surface area is 161 Å². The summed E-state index contributed by atoms with van der Waals surface area (Å²) < 4.78 is 5.76. The third-order valence-corrected chi connectivity index (χ3v) is 4.41. The van der Waals surface area contributed by atoms with Gasteiger partial charge < -0.3 is 15.0 Å². The lowest BCUT2D eigenvalue weighted by Crippen LogP contribution is -2.45. The summed E-state index contributed by atoms with van der Waals surface area (Å²) in [5, 5.41) is 2.76. The maximum atomic E-state index is 12.1. The second kappa shape index (κ2) is 10.4. The number of hydrogen-bond acceptors (Lipinski definition) is 3. The Morgan fingerprint density at radius 2 is 1.70 bits per heavy atom. The Kier molecular flexibility index (Phi) is 7.86. The van der Waals surface area contributed by atoms with E-state index in [9.17, 15) is 9.59 Å². The average molecular weight is 368 g/mol. The highest BCUT2D eigenvalue weighted by Crippen LogP contribution is 2.15. The number of ether oxygens (including phenoxy) is 1. The molecule has 2 amide bonds. The van der Waals surface area contributed by atoms with Crippen LogP contribution in [0.1, 0.15) is 31.4 Å². The van der Waals surface area contributed by atoms with Gasteiger partial charge in [0, 0.05) is 20.0 Å². The molecule has 0 aliphatic rings. The summed E-state index contributed by atoms with van der Waals surface area (Å²) in [5.74, 6) is 0.601. The molecule has 2 rings (SSSR count). The third kappa shape index (κ3) is 6.77. The average Bonchev–Trinajstić information content (AvgIpc) is 2.71. The standard InChI is InChI=1S/C22H28N2O3/c1-4-24(3)22(26)17(2)23-21(25)15-12-18-10-13-20(14-11-18)27-16-19-8-6-5-7-9-19/h5-11,13-14,17H,4,12,15-16H2,1-3H3,(H,23,25). The van der Waals surface area contributed by atoms with Gasteiger partial charge in [0.2, 0.25) is 11.8 Å². The Balaban J connectivity index is 1.76. The van der Waals surface area contributed by atoms with Gasteiger partial charge >= 0.3 is 0 Å². The third-order valence-electron chi connectivity index (χ3n) is 4.41. The van der Waals surface area contributed by atoms with Crippen molar-refractivity contribution in [3.8, 4) is 5.75 Å². The highest BCUT2D eigenvalue weighted by Gasteiger charge is 2.18. The van der Waals surface area contributed by atoms with Crippen LogP contribution in [-0.2, 0) is 22.6 Å². The van der Waals surface area contributed by atoms with Gasteiger partial charge in [-0.25, -0.2) is 0 Å². The summed E-state index contributed by atoms with van der Waals surface area (Å²) in [5.41, 5.74) is 2.18. The molecule has 2 aromatic carbocycles. The normalized spacial score (nSPS) is 11.5. The molecule has 0 radical (unpaired) electrons. The second-order valence-corrected chi connectivity index (χ2v) is 6.56. The molecule has 0 fully saturated rings. The van der Waals surface area contributed by atoms with Crippen molar-refractivity contribution >= 4 is 11.8 Å². The SMILES string of the molecule is CCN(C)C(=O)C(C)NC(=O)CCc1ccc(OCc2ccccc2)cc1. The molecular formula is C22H28N2O3. The number of carbonyl (C=O) groups is 2. The van der Waals surface area contributed by atoms with Crippen molar-refractivity contribution in [1.29, 1.82) is 0 Å². The van der Waals surface area contributed by atoms with Gasteiger partial charge in [0.05, 0.1) is 0 Å². The van der Waals surface area contributed by atoms with Crippen molar-refractivity contribution in [3.05, 3.63) is 65.7 Å². The van der Waals surface area contributed by atoms with Crippen molar-refractivity contribution in [1.82, 2.24) is 10.2 Å². The van der Waals surface area contributed by atoms with Crippen molar-refractivity contribution in [2.75, 3.05) is 13.6 Å². The second-order valence-electron chi connectivity index (χ2n) is 6.56. The van der Waals surface area contributed by atoms with Crippen molar-refractivity contribution in [3.63, 3.8) is 0 Å². The predicted molar refractivity (Wildman–Crippen MR) is 106 cm³/mol. The summed E-state index contributed by atoms with van der Waals surface area (Å²) in [7, 11) is 1.73. The van der Waals surface area contributed by atoms with Crippen molar-refractivity contribution in [2.45, 2.75) is 39.3 Å². The molecule has 1 unspecified atom stereocenters. The van der Waals surface area contributed by atoms with Crippen LogP contribution in [0.4, 0.5) is 0 Å². The molecule has 0 spiro atoms. The first-order valence-electron chi connectivity index (χ1n) is 9.29. The number of hydrogen-bond donors (Lipinski definition) is 1. The minimum absolute atomic E-state index is 0.0780. The molecule has 2 aromatic rings. The van der Waals surface area contributed by atoms with Gasteiger partial charge in [0.1, 0.15) is 18.4 Å². The summed E-state index contributed by atoms with van der Waals surface area (Å²) in [4.78, 5) is 25.6. The minimum atomic E-state index is -0.504. The molecule has 5 nitrogen and oxygen atoms in total. The first kappa shape index (κ1) is 20.5. The van der Waals surface area contributed by atoms with Crippen molar-refractivity contribution < 1.29 is 14.3 Å². The molecule has 0 aromatic heterocycles. The van der Waals surface area contributed by atoms with Gasteiger partial charge in [-0.05, 0) is 43.5 Å². The van der Waals surface area contributed by atoms with Crippen LogP contribution in [0.15, 0.2) is 54.6 Å². The maximum absolute atomic E-state index is 12.1. The number of nitrogens with zero attached hydrogens (tertiary/aromatic N) is 1. The number of benzene rings is 2. The van der Waals surface area contributed by atoms with Crippen LogP contribution >= 0.6 is 0 Å². The number of carbonyl (C=O) groups excluding carboxylic acids is 2. The van der Waals surface area contributed by atoms with Gasteiger partial charge in [-0.2, -0.15) is 0 Å². The van der Waals surface area contributed by atoms with E-state index in [0.29, 0.717) is 26.0 Å². The van der Waals surface area contributed by atoms with E-state index in [-0.39, 0.29) is 11.8 Å². The zero-order valence-corrected chi connectivity index (χ0v) is 16.3. The molecule has 0 bridgehead atoms. The number of nitrogens with one attached hydrogen (secondary N) is 1. The molecule has 0 heterocycles. The van der Waals surface area contributed by atoms with Gasteiger partial charge in [0.15, 0.2) is 0 Å². The van der Waals surface area contributed by atoms with Crippen LogP contribution in [0.5, 0.6) is 5.75 Å². The lowest BCUT2D eigenvalue weighted by atomic mass is 10.1. The van der Waals surface area contributed by atoms with E-state index in [1.54, 1.807) is 18.9 Å². The molecule has 1 atom stereocenters. The van der Waals surface area contributed by atoms with Crippen LogP contribution in [0, 0.1) is 0 Å². The van der Waals surface area contributed by atoms with Crippen LogP contribution in [-0.4, -0.2) is 36.3 Å². The fraction of sp³-hybridized carbons (Fsp3) is 0.364. The van der Waals surface area contributed by atoms with E-state index in [4.69, 9.17) is 4.74 Å². The number of rotatable bonds is 9. The number of aryl methyl sites for hydroxylation is 1. The Hall–Kier alpha value is -2.82. The summed E-state index contributed by atoms with van der Waals surface area (Å²) in [6.07, 6.45) is 0.965. The lowest BCUT2D eigenvalue weighted by Gasteiger charge is -2.20. The summed E-state index contributed by atoms with van der Waals surface area (Å²) in [6.45, 7) is 4.77. The molecule has 0 aliphatic carbocycles. The lowest BCUT2D eigenvalue weighted by molar-refractivity contribution is -0.134. The predicted octanol–water partition coefficient (Wildman–Crippen LogP) is 3.18. The van der Waals surface area contributed by atoms with Gasteiger partial charge in [0.25, 0.3) is 0 Å². The van der Waals surface area contributed by atoms with E-state index in [0.717, 1.165) is 16.9 Å². The molecular weight excluding hydrogens is 340 g/mol. The molecule has 0 aliphatic heterocycles. The quantitative estimate of drug-likeness (QED) is 0.740. The van der Waals surface area contributed by atoms with E-state index in [2.05, 4.69) is 5.32 Å². The minimum Gasteiger partial charge on any atom is -0.489 e. The largest absolute Gasteiger partial charge is 0.489 e. The first-order chi connectivity index (χ1) is 13.0. The zero-order chi connectivity index (χ0) is 19.6. The van der Waals surface area contributed by atoms with Gasteiger partial charge in [-0.3, -0.25) is 9.59 Å². The zero-order valence-electron chi connectivity index (χ0n) is 16.3. The van der Waals surface area contributed by atoms with E-state index >= 15 is 0 Å². The topological polar surface area (TPSA) is 58.6 Å². The van der Waals surface area contributed by atoms with Crippen LogP contribution in [0.3, 0.4) is 0 Å². The molecule has 5 heteroatoms. The highest BCUT2D eigenvalue weighted by molar-refractivity contribution is 5.87. The van der Waals surface area contributed by atoms with E-state index in [1.807, 2.05) is 61.5 Å². The summed E-state index contributed by atoms with van der Waals surface area (Å²) in [6, 6.07) is 17.3. The smallest absolute Gasteiger partial charge is 0.244 e. The van der Waals surface area contributed by atoms with E-state index < -0.39 is 6.04 Å². The first-order valence-corrected chi connectivity index (χ1v) is 9.29. The van der Waals surface area contributed by atoms with E-state index in [1.165, 1.54) is 0 Å². The number of amides is 2. The highest BCUT2D eigenvalue weighted by atomic mass is 16.5. The Morgan fingerprint density at radius 1 is 1.04 bits per heavy atom. The molecule has 1 N–H and O–H groups in total. The van der Waals surface area contributed by atoms with Crippen LogP contribution in [0.2, 0.25) is 0 Å².